The van der Waals surface area contributed by atoms with E-state index in [1.165, 1.54) is 12.1 Å². The second-order valence-electron chi connectivity index (χ2n) is 5.52. The number of alkyl halides is 3. The van der Waals surface area contributed by atoms with E-state index in [2.05, 4.69) is 15.0 Å². The summed E-state index contributed by atoms with van der Waals surface area (Å²) in [6.07, 6.45) is -3.62. The van der Waals surface area contributed by atoms with Gasteiger partial charge in [0.05, 0.1) is 11.5 Å². The number of rotatable bonds is 4. The van der Waals surface area contributed by atoms with E-state index in [1.807, 2.05) is 0 Å². The van der Waals surface area contributed by atoms with E-state index in [9.17, 15) is 21.6 Å². The Morgan fingerprint density at radius 2 is 1.83 bits per heavy atom. The molecule has 0 spiro atoms. The molecule has 1 fully saturated rings. The third-order valence-corrected chi connectivity index (χ3v) is 5.27. The van der Waals surface area contributed by atoms with Crippen LogP contribution in [0, 0.1) is 5.92 Å². The van der Waals surface area contributed by atoms with Crippen LogP contribution in [0.15, 0.2) is 29.3 Å². The molecule has 2 rings (SSSR count). The largest absolute Gasteiger partial charge is 0.573 e. The quantitative estimate of drug-likeness (QED) is 0.630. The third kappa shape index (κ3) is 6.26. The molecule has 1 aliphatic heterocycles. The molecule has 1 aliphatic rings. The molecule has 1 saturated heterocycles. The molecule has 0 bridgehead atoms. The number of guanidine groups is 1. The van der Waals surface area contributed by atoms with Crippen molar-refractivity contribution in [2.24, 2.45) is 16.6 Å². The molecule has 0 amide bonds. The van der Waals surface area contributed by atoms with Gasteiger partial charge in [0.1, 0.15) is 15.6 Å². The fraction of sp³-hybridized carbons (Fsp3) is 0.500. The van der Waals surface area contributed by atoms with Crippen LogP contribution in [0.3, 0.4) is 0 Å². The topological polar surface area (TPSA) is 93.8 Å². The molecule has 24 heavy (non-hydrogen) atoms. The van der Waals surface area contributed by atoms with Crippen molar-refractivity contribution in [1.82, 2.24) is 0 Å². The Kier molecular flexibility index (Phi) is 5.58. The van der Waals surface area contributed by atoms with Gasteiger partial charge in [-0.3, -0.25) is 4.99 Å². The molecule has 0 aromatic heterocycles. The smallest absolute Gasteiger partial charge is 0.406 e. The first kappa shape index (κ1) is 18.4. The summed E-state index contributed by atoms with van der Waals surface area (Å²) in [4.78, 5) is 4.15. The van der Waals surface area contributed by atoms with Crippen LogP contribution in [0.5, 0.6) is 5.75 Å². The van der Waals surface area contributed by atoms with E-state index in [0.717, 1.165) is 12.1 Å². The van der Waals surface area contributed by atoms with E-state index in [1.54, 1.807) is 0 Å². The highest BCUT2D eigenvalue weighted by atomic mass is 32.2. The van der Waals surface area contributed by atoms with Gasteiger partial charge in [0.2, 0.25) is 0 Å². The fourth-order valence-corrected chi connectivity index (χ4v) is 3.87. The van der Waals surface area contributed by atoms with Crippen molar-refractivity contribution in [3.05, 3.63) is 24.3 Å². The standard InChI is InChI=1S/C14H18F3N3O3S/c15-14(16,17)23-12-3-1-11(2-4-12)20-13(18)19-9-10-5-7-24(21,22)8-6-10/h1-4,10H,5-9H2,(H3,18,19,20). The molecule has 134 valence electrons. The van der Waals surface area contributed by atoms with Crippen molar-refractivity contribution in [2.75, 3.05) is 23.4 Å². The maximum Gasteiger partial charge on any atom is 0.573 e. The number of nitrogens with one attached hydrogen (secondary N) is 1. The van der Waals surface area contributed by atoms with Crippen molar-refractivity contribution in [3.63, 3.8) is 0 Å². The zero-order chi connectivity index (χ0) is 17.8. The van der Waals surface area contributed by atoms with Gasteiger partial charge in [-0.2, -0.15) is 0 Å². The highest BCUT2D eigenvalue weighted by molar-refractivity contribution is 7.91. The minimum Gasteiger partial charge on any atom is -0.406 e. The Labute approximate surface area is 137 Å². The van der Waals surface area contributed by atoms with Gasteiger partial charge >= 0.3 is 6.36 Å². The molecule has 3 N–H and O–H groups in total. The first-order valence-electron chi connectivity index (χ1n) is 7.26. The van der Waals surface area contributed by atoms with Gasteiger partial charge in [0.15, 0.2) is 5.96 Å². The van der Waals surface area contributed by atoms with Crippen LogP contribution in [0.4, 0.5) is 18.9 Å². The number of sulfone groups is 1. The number of benzene rings is 1. The van der Waals surface area contributed by atoms with Gasteiger partial charge < -0.3 is 15.8 Å². The summed E-state index contributed by atoms with van der Waals surface area (Å²) in [6, 6.07) is 5.09. The Morgan fingerprint density at radius 3 is 2.38 bits per heavy atom. The summed E-state index contributed by atoms with van der Waals surface area (Å²) in [5.74, 6) is 0.291. The molecule has 10 heteroatoms. The zero-order valence-corrected chi connectivity index (χ0v) is 13.5. The van der Waals surface area contributed by atoms with Crippen LogP contribution in [-0.2, 0) is 9.84 Å². The van der Waals surface area contributed by atoms with Gasteiger partial charge in [0, 0.05) is 12.2 Å². The molecule has 6 nitrogen and oxygen atoms in total. The van der Waals surface area contributed by atoms with E-state index in [-0.39, 0.29) is 29.1 Å². The number of hydrogen-bond acceptors (Lipinski definition) is 4. The Morgan fingerprint density at radius 1 is 1.25 bits per heavy atom. The van der Waals surface area contributed by atoms with E-state index >= 15 is 0 Å². The van der Waals surface area contributed by atoms with Gasteiger partial charge in [0.25, 0.3) is 0 Å². The number of anilines is 1. The normalized spacial score (nSPS) is 19.0. The van der Waals surface area contributed by atoms with Gasteiger partial charge in [-0.25, -0.2) is 8.42 Å². The van der Waals surface area contributed by atoms with Crippen LogP contribution < -0.4 is 15.8 Å². The van der Waals surface area contributed by atoms with Gasteiger partial charge in [-0.05, 0) is 43.0 Å². The van der Waals surface area contributed by atoms with E-state index in [4.69, 9.17) is 5.73 Å². The number of ether oxygens (including phenoxy) is 1. The lowest BCUT2D eigenvalue weighted by Gasteiger charge is -2.20. The second-order valence-corrected chi connectivity index (χ2v) is 7.82. The zero-order valence-electron chi connectivity index (χ0n) is 12.7. The molecular weight excluding hydrogens is 347 g/mol. The molecule has 0 saturated carbocycles. The van der Waals surface area contributed by atoms with Crippen LogP contribution in [0.2, 0.25) is 0 Å². The summed E-state index contributed by atoms with van der Waals surface area (Å²) in [5, 5.41) is 2.76. The fourth-order valence-electron chi connectivity index (χ4n) is 2.28. The van der Waals surface area contributed by atoms with Crippen LogP contribution >= 0.6 is 0 Å². The number of aliphatic imine (C=N–C) groups is 1. The molecule has 1 heterocycles. The lowest BCUT2D eigenvalue weighted by molar-refractivity contribution is -0.274. The Hall–Kier alpha value is -1.97. The van der Waals surface area contributed by atoms with Crippen LogP contribution in [0.1, 0.15) is 12.8 Å². The van der Waals surface area contributed by atoms with Crippen molar-refractivity contribution >= 4 is 21.5 Å². The van der Waals surface area contributed by atoms with Crippen LogP contribution in [-0.4, -0.2) is 38.8 Å². The predicted octanol–water partition coefficient (Wildman–Crippen LogP) is 2.14. The van der Waals surface area contributed by atoms with E-state index in [0.29, 0.717) is 25.1 Å². The lowest BCUT2D eigenvalue weighted by Crippen LogP contribution is -2.27. The minimum atomic E-state index is -4.73. The average Bonchev–Trinajstić information content (AvgIpc) is 2.47. The summed E-state index contributed by atoms with van der Waals surface area (Å²) >= 11 is 0. The molecule has 0 radical (unpaired) electrons. The predicted molar refractivity (Wildman–Crippen MR) is 84.6 cm³/mol. The monoisotopic (exact) mass is 365 g/mol. The number of nitrogens with two attached hydrogens (primary N) is 1. The maximum atomic E-state index is 12.1. The number of hydrogen-bond donors (Lipinski definition) is 2. The first-order valence-corrected chi connectivity index (χ1v) is 9.08. The molecular formula is C14H18F3N3O3S. The highest BCUT2D eigenvalue weighted by Crippen LogP contribution is 2.24. The van der Waals surface area contributed by atoms with Crippen molar-refractivity contribution in [2.45, 2.75) is 19.2 Å². The lowest BCUT2D eigenvalue weighted by atomic mass is 10.0. The van der Waals surface area contributed by atoms with Crippen LogP contribution in [0.25, 0.3) is 0 Å². The Balaban J connectivity index is 1.84. The summed E-state index contributed by atoms with van der Waals surface area (Å²) in [5.41, 5.74) is 6.19. The van der Waals surface area contributed by atoms with Gasteiger partial charge in [-0.15, -0.1) is 13.2 Å². The molecule has 0 aliphatic carbocycles. The van der Waals surface area contributed by atoms with E-state index < -0.39 is 16.2 Å². The number of halogens is 3. The summed E-state index contributed by atoms with van der Waals surface area (Å²) in [6.45, 7) is 0.406. The molecule has 0 atom stereocenters. The first-order chi connectivity index (χ1) is 11.1. The third-order valence-electron chi connectivity index (χ3n) is 3.55. The SMILES string of the molecule is NC(=NCC1CCS(=O)(=O)CC1)Nc1ccc(OC(F)(F)F)cc1. The minimum absolute atomic E-state index is 0.118. The van der Waals surface area contributed by atoms with Crippen molar-refractivity contribution in [1.29, 1.82) is 0 Å². The second kappa shape index (κ2) is 7.29. The summed E-state index contributed by atoms with van der Waals surface area (Å²) < 4.78 is 62.6. The van der Waals surface area contributed by atoms with Crippen molar-refractivity contribution in [3.8, 4) is 5.75 Å². The number of nitrogens with zero attached hydrogens (tertiary/aromatic N) is 1. The molecule has 0 unspecified atom stereocenters. The molecule has 1 aromatic carbocycles. The van der Waals surface area contributed by atoms with Crippen molar-refractivity contribution < 1.29 is 26.3 Å². The summed E-state index contributed by atoms with van der Waals surface area (Å²) in [7, 11) is -2.91. The highest BCUT2D eigenvalue weighted by Gasteiger charge is 2.31. The van der Waals surface area contributed by atoms with Gasteiger partial charge in [-0.1, -0.05) is 0 Å². The maximum absolute atomic E-state index is 12.1. The average molecular weight is 365 g/mol. The Bertz CT molecular complexity index is 673. The molecule has 1 aromatic rings.